The van der Waals surface area contributed by atoms with Gasteiger partial charge < -0.3 is 21.2 Å². The number of hydrogen-bond acceptors (Lipinski definition) is 5. The molecule has 5 heteroatoms. The van der Waals surface area contributed by atoms with Crippen molar-refractivity contribution in [2.75, 3.05) is 39.8 Å². The summed E-state index contributed by atoms with van der Waals surface area (Å²) in [5.41, 5.74) is 8.08. The zero-order valence-corrected chi connectivity index (χ0v) is 17.4. The van der Waals surface area contributed by atoms with Gasteiger partial charge in [-0.15, -0.1) is 0 Å². The summed E-state index contributed by atoms with van der Waals surface area (Å²) in [4.78, 5) is 2.33. The Labute approximate surface area is 160 Å². The standard InChI is InChI=1S/C21H40N4O/c1-5-25(13-12-24-4)15-18(14-22)19(23)17-6-7-21(26-16-17)10-8-20(2,3)9-11-21/h14,17,23-24H,5-13,15-16,22H2,1-4H3/b18-14-,23-19?/t17-/m1/s1. The normalized spacial score (nSPS) is 25.6. The monoisotopic (exact) mass is 364 g/mol. The van der Waals surface area contributed by atoms with Crippen LogP contribution in [0.5, 0.6) is 0 Å². The van der Waals surface area contributed by atoms with E-state index in [-0.39, 0.29) is 11.5 Å². The third-order valence-corrected chi connectivity index (χ3v) is 6.53. The summed E-state index contributed by atoms with van der Waals surface area (Å²) in [7, 11) is 1.97. The Morgan fingerprint density at radius 3 is 2.46 bits per heavy atom. The van der Waals surface area contributed by atoms with Crippen molar-refractivity contribution in [1.82, 2.24) is 10.2 Å². The van der Waals surface area contributed by atoms with Gasteiger partial charge in [-0.05, 0) is 57.5 Å². The van der Waals surface area contributed by atoms with Crippen LogP contribution in [0, 0.1) is 16.7 Å². The Kier molecular flexibility index (Phi) is 7.68. The minimum Gasteiger partial charge on any atom is -0.404 e. The van der Waals surface area contributed by atoms with Gasteiger partial charge in [0.15, 0.2) is 0 Å². The predicted molar refractivity (Wildman–Crippen MR) is 110 cm³/mol. The highest BCUT2D eigenvalue weighted by Gasteiger charge is 2.42. The van der Waals surface area contributed by atoms with E-state index in [1.54, 1.807) is 6.20 Å². The quantitative estimate of drug-likeness (QED) is 0.578. The van der Waals surface area contributed by atoms with Crippen molar-refractivity contribution in [2.45, 2.75) is 64.9 Å². The highest BCUT2D eigenvalue weighted by molar-refractivity contribution is 5.99. The van der Waals surface area contributed by atoms with Gasteiger partial charge in [0.05, 0.1) is 12.2 Å². The van der Waals surface area contributed by atoms with Gasteiger partial charge in [0, 0.05) is 43.0 Å². The van der Waals surface area contributed by atoms with Gasteiger partial charge in [0.2, 0.25) is 0 Å². The molecule has 1 saturated carbocycles. The first kappa shape index (κ1) is 21.4. The fraction of sp³-hybridized carbons (Fsp3) is 0.857. The predicted octanol–water partition coefficient (Wildman–Crippen LogP) is 3.16. The number of nitrogens with one attached hydrogen (secondary N) is 2. The van der Waals surface area contributed by atoms with Crippen LogP contribution in [0.25, 0.3) is 0 Å². The molecule has 4 N–H and O–H groups in total. The smallest absolute Gasteiger partial charge is 0.0683 e. The molecule has 0 aromatic carbocycles. The zero-order valence-electron chi connectivity index (χ0n) is 17.4. The van der Waals surface area contributed by atoms with E-state index in [1.807, 2.05) is 7.05 Å². The van der Waals surface area contributed by atoms with Crippen molar-refractivity contribution >= 4 is 5.71 Å². The third kappa shape index (κ3) is 5.54. The van der Waals surface area contributed by atoms with E-state index < -0.39 is 0 Å². The van der Waals surface area contributed by atoms with Gasteiger partial charge in [-0.1, -0.05) is 20.8 Å². The first-order valence-electron chi connectivity index (χ1n) is 10.4. The van der Waals surface area contributed by atoms with Gasteiger partial charge in [0.25, 0.3) is 0 Å². The van der Waals surface area contributed by atoms with Gasteiger partial charge in [-0.2, -0.15) is 0 Å². The molecule has 0 bridgehead atoms. The molecule has 150 valence electrons. The van der Waals surface area contributed by atoms with Crippen LogP contribution in [0.3, 0.4) is 0 Å². The maximum atomic E-state index is 8.68. The highest BCUT2D eigenvalue weighted by Crippen LogP contribution is 2.46. The van der Waals surface area contributed by atoms with Crippen LogP contribution in [0.15, 0.2) is 11.8 Å². The molecule has 1 spiro atoms. The number of nitrogens with two attached hydrogens (primary N) is 1. The molecule has 1 aliphatic heterocycles. The number of hydrogen-bond donors (Lipinski definition) is 3. The molecule has 1 aliphatic carbocycles. The minimum atomic E-state index is 0.0845. The molecule has 0 aromatic heterocycles. The molecule has 2 rings (SSSR count). The van der Waals surface area contributed by atoms with E-state index in [0.29, 0.717) is 17.7 Å². The van der Waals surface area contributed by atoms with Crippen molar-refractivity contribution in [3.05, 3.63) is 11.8 Å². The van der Waals surface area contributed by atoms with E-state index >= 15 is 0 Å². The van der Waals surface area contributed by atoms with Crippen molar-refractivity contribution < 1.29 is 4.74 Å². The second-order valence-corrected chi connectivity index (χ2v) is 8.97. The molecule has 0 unspecified atom stereocenters. The van der Waals surface area contributed by atoms with Crippen LogP contribution >= 0.6 is 0 Å². The molecule has 2 aliphatic rings. The lowest BCUT2D eigenvalue weighted by atomic mass is 9.68. The summed E-state index contributed by atoms with van der Waals surface area (Å²) in [6.45, 7) is 11.2. The summed E-state index contributed by atoms with van der Waals surface area (Å²) >= 11 is 0. The van der Waals surface area contributed by atoms with E-state index in [9.17, 15) is 0 Å². The average Bonchev–Trinajstić information content (AvgIpc) is 2.65. The summed E-state index contributed by atoms with van der Waals surface area (Å²) in [5.74, 6) is 0.188. The van der Waals surface area contributed by atoms with Crippen LogP contribution in [0.2, 0.25) is 0 Å². The van der Waals surface area contributed by atoms with Crippen LogP contribution in [-0.4, -0.2) is 56.0 Å². The minimum absolute atomic E-state index is 0.0845. The average molecular weight is 365 g/mol. The molecule has 0 aromatic rings. The second-order valence-electron chi connectivity index (χ2n) is 8.97. The first-order valence-corrected chi connectivity index (χ1v) is 10.4. The van der Waals surface area contributed by atoms with Crippen LogP contribution in [-0.2, 0) is 4.74 Å². The van der Waals surface area contributed by atoms with E-state index in [0.717, 1.165) is 44.6 Å². The Morgan fingerprint density at radius 2 is 1.96 bits per heavy atom. The fourth-order valence-electron chi connectivity index (χ4n) is 4.22. The number of nitrogens with zero attached hydrogens (tertiary/aromatic N) is 1. The van der Waals surface area contributed by atoms with Crippen LogP contribution in [0.4, 0.5) is 0 Å². The van der Waals surface area contributed by atoms with E-state index in [2.05, 4.69) is 31.0 Å². The highest BCUT2D eigenvalue weighted by atomic mass is 16.5. The Balaban J connectivity index is 1.88. The lowest BCUT2D eigenvalue weighted by Crippen LogP contribution is -2.45. The Bertz CT molecular complexity index is 480. The fourth-order valence-corrected chi connectivity index (χ4v) is 4.22. The molecule has 1 heterocycles. The van der Waals surface area contributed by atoms with Crippen molar-refractivity contribution in [2.24, 2.45) is 17.1 Å². The van der Waals surface area contributed by atoms with Crippen molar-refractivity contribution in [3.63, 3.8) is 0 Å². The number of rotatable bonds is 8. The molecule has 1 saturated heterocycles. The maximum Gasteiger partial charge on any atom is 0.0683 e. The maximum absolute atomic E-state index is 8.68. The Hall–Kier alpha value is -0.910. The van der Waals surface area contributed by atoms with Crippen LogP contribution in [0.1, 0.15) is 59.3 Å². The van der Waals surface area contributed by atoms with Crippen LogP contribution < -0.4 is 11.1 Å². The van der Waals surface area contributed by atoms with Gasteiger partial charge in [-0.25, -0.2) is 0 Å². The van der Waals surface area contributed by atoms with Gasteiger partial charge in [-0.3, -0.25) is 4.90 Å². The second kappa shape index (κ2) is 9.34. The SMILES string of the molecule is CCN(CCNC)C/C(=C/N)C(=N)[C@@H]1CCC2(CCC(C)(C)CC2)OC1. The molecule has 5 nitrogen and oxygen atoms in total. The summed E-state index contributed by atoms with van der Waals surface area (Å²) in [6.07, 6.45) is 8.63. The third-order valence-electron chi connectivity index (χ3n) is 6.53. The molecule has 0 amide bonds. The number of likely N-dealkylation sites (N-methyl/N-ethyl adjacent to an activating group) is 2. The van der Waals surface area contributed by atoms with E-state index in [1.165, 1.54) is 25.7 Å². The lowest BCUT2D eigenvalue weighted by Gasteiger charge is -2.47. The molecular formula is C21H40N4O. The van der Waals surface area contributed by atoms with Crippen molar-refractivity contribution in [3.8, 4) is 0 Å². The molecule has 0 radical (unpaired) electrons. The molecule has 1 atom stereocenters. The summed E-state index contributed by atoms with van der Waals surface area (Å²) in [6, 6.07) is 0. The molecule has 26 heavy (non-hydrogen) atoms. The zero-order chi connectivity index (χ0) is 19.2. The van der Waals surface area contributed by atoms with Crippen molar-refractivity contribution in [1.29, 1.82) is 5.41 Å². The summed E-state index contributed by atoms with van der Waals surface area (Å²) in [5, 5.41) is 11.9. The number of ether oxygens (including phenoxy) is 1. The Morgan fingerprint density at radius 1 is 1.27 bits per heavy atom. The molecular weight excluding hydrogens is 324 g/mol. The summed E-state index contributed by atoms with van der Waals surface area (Å²) < 4.78 is 6.39. The van der Waals surface area contributed by atoms with Gasteiger partial charge in [0.1, 0.15) is 0 Å². The molecule has 2 fully saturated rings. The van der Waals surface area contributed by atoms with E-state index in [4.69, 9.17) is 15.9 Å². The topological polar surface area (TPSA) is 74.4 Å². The lowest BCUT2D eigenvalue weighted by molar-refractivity contribution is -0.123. The first-order chi connectivity index (χ1) is 12.3. The van der Waals surface area contributed by atoms with Gasteiger partial charge >= 0.3 is 0 Å². The largest absolute Gasteiger partial charge is 0.404 e.